The van der Waals surface area contributed by atoms with Crippen LogP contribution in [0.1, 0.15) is 20.8 Å². The molecule has 0 heterocycles. The molecule has 0 spiro atoms. The molecular weight excluding hydrogens is 326 g/mol. The number of rotatable bonds is 3. The van der Waals surface area contributed by atoms with Crippen LogP contribution >= 0.6 is 0 Å². The molecule has 0 aromatic heterocycles. The van der Waals surface area contributed by atoms with Gasteiger partial charge in [-0.3, -0.25) is 4.79 Å². The fourth-order valence-corrected chi connectivity index (χ4v) is 1.72. The lowest BCUT2D eigenvalue weighted by molar-refractivity contribution is -0.123. The van der Waals surface area contributed by atoms with Crippen LogP contribution in [0.25, 0.3) is 0 Å². The first kappa shape index (κ1) is 17.8. The van der Waals surface area contributed by atoms with Gasteiger partial charge in [0.05, 0.1) is 0 Å². The van der Waals surface area contributed by atoms with E-state index in [0.29, 0.717) is 6.07 Å². The van der Waals surface area contributed by atoms with Crippen LogP contribution in [-0.4, -0.2) is 5.91 Å². The summed E-state index contributed by atoms with van der Waals surface area (Å²) in [5.74, 6) is -6.81. The van der Waals surface area contributed by atoms with Crippen LogP contribution in [0.5, 0.6) is 11.5 Å². The molecule has 0 aliphatic heterocycles. The number of carbonyl (C=O) groups excluding carboxylic acids is 1. The number of halogens is 4. The maximum atomic E-state index is 14.0. The lowest BCUT2D eigenvalue weighted by atomic mass is 9.95. The largest absolute Gasteiger partial charge is 0.452 e. The van der Waals surface area contributed by atoms with Crippen molar-refractivity contribution in [3.8, 4) is 11.5 Å². The van der Waals surface area contributed by atoms with Crippen molar-refractivity contribution in [2.24, 2.45) is 5.41 Å². The average molecular weight is 341 g/mol. The summed E-state index contributed by atoms with van der Waals surface area (Å²) in [5.41, 5.74) is -1.13. The minimum atomic E-state index is -1.70. The Labute approximate surface area is 136 Å². The van der Waals surface area contributed by atoms with E-state index in [2.05, 4.69) is 5.32 Å². The first-order chi connectivity index (χ1) is 11.1. The maximum absolute atomic E-state index is 14.0. The molecule has 0 saturated heterocycles. The van der Waals surface area contributed by atoms with E-state index in [-0.39, 0.29) is 11.4 Å². The van der Waals surface area contributed by atoms with Crippen molar-refractivity contribution in [3.05, 3.63) is 53.6 Å². The molecule has 0 radical (unpaired) electrons. The molecule has 0 atom stereocenters. The summed E-state index contributed by atoms with van der Waals surface area (Å²) in [6.07, 6.45) is 0. The maximum Gasteiger partial charge on any atom is 0.229 e. The van der Waals surface area contributed by atoms with Crippen LogP contribution in [0.15, 0.2) is 30.3 Å². The Kier molecular flexibility index (Phi) is 4.82. The number of benzene rings is 2. The second kappa shape index (κ2) is 6.51. The Morgan fingerprint density at radius 1 is 0.917 bits per heavy atom. The third kappa shape index (κ3) is 3.67. The van der Waals surface area contributed by atoms with Crippen molar-refractivity contribution in [1.29, 1.82) is 0 Å². The third-order valence-corrected chi connectivity index (χ3v) is 3.11. The first-order valence-electron chi connectivity index (χ1n) is 7.02. The summed E-state index contributed by atoms with van der Waals surface area (Å²) in [6, 6.07) is 5.17. The van der Waals surface area contributed by atoms with E-state index in [4.69, 9.17) is 4.74 Å². The van der Waals surface area contributed by atoms with E-state index < -0.39 is 40.3 Å². The highest BCUT2D eigenvalue weighted by molar-refractivity contribution is 5.96. The highest BCUT2D eigenvalue weighted by Crippen LogP contribution is 2.34. The topological polar surface area (TPSA) is 38.3 Å². The average Bonchev–Trinajstić information content (AvgIpc) is 2.50. The van der Waals surface area contributed by atoms with E-state index >= 15 is 0 Å². The van der Waals surface area contributed by atoms with E-state index in [0.717, 1.165) is 12.1 Å². The fourth-order valence-electron chi connectivity index (χ4n) is 1.72. The van der Waals surface area contributed by atoms with Crippen molar-refractivity contribution in [3.63, 3.8) is 0 Å². The number of hydrogen-bond donors (Lipinski definition) is 1. The van der Waals surface area contributed by atoms with Crippen molar-refractivity contribution in [1.82, 2.24) is 0 Å². The number of hydrogen-bond acceptors (Lipinski definition) is 2. The van der Waals surface area contributed by atoms with Gasteiger partial charge >= 0.3 is 0 Å². The predicted molar refractivity (Wildman–Crippen MR) is 80.9 cm³/mol. The smallest absolute Gasteiger partial charge is 0.229 e. The zero-order valence-corrected chi connectivity index (χ0v) is 13.2. The number of nitrogens with one attached hydrogen (secondary N) is 1. The van der Waals surface area contributed by atoms with Gasteiger partial charge in [-0.15, -0.1) is 0 Å². The SMILES string of the molecule is CC(C)(C)C(=O)Nc1c(F)cccc1Oc1ccc(F)c(F)c1F. The van der Waals surface area contributed by atoms with Gasteiger partial charge in [-0.05, 0) is 24.3 Å². The van der Waals surface area contributed by atoms with Crippen LogP contribution in [0, 0.1) is 28.7 Å². The molecule has 128 valence electrons. The van der Waals surface area contributed by atoms with Gasteiger partial charge in [-0.25, -0.2) is 13.2 Å². The van der Waals surface area contributed by atoms with Gasteiger partial charge in [0, 0.05) is 5.41 Å². The van der Waals surface area contributed by atoms with Crippen LogP contribution in [0.4, 0.5) is 23.2 Å². The minimum Gasteiger partial charge on any atom is -0.452 e. The standard InChI is InChI=1S/C17H15F4NO2/c1-17(2,3)16(23)22-15-10(19)5-4-6-12(15)24-11-8-7-9(18)13(20)14(11)21/h4-8H,1-3H3,(H,22,23). The van der Waals surface area contributed by atoms with Gasteiger partial charge in [0.1, 0.15) is 5.69 Å². The first-order valence-corrected chi connectivity index (χ1v) is 7.02. The van der Waals surface area contributed by atoms with Gasteiger partial charge in [-0.1, -0.05) is 26.8 Å². The van der Waals surface area contributed by atoms with Crippen LogP contribution in [0.2, 0.25) is 0 Å². The number of amides is 1. The molecule has 1 N–H and O–H groups in total. The lowest BCUT2D eigenvalue weighted by Gasteiger charge is -2.20. The molecule has 2 aromatic carbocycles. The molecule has 2 aromatic rings. The molecule has 0 aliphatic rings. The van der Waals surface area contributed by atoms with Crippen LogP contribution in [0.3, 0.4) is 0 Å². The highest BCUT2D eigenvalue weighted by atomic mass is 19.2. The fraction of sp³-hybridized carbons (Fsp3) is 0.235. The zero-order valence-electron chi connectivity index (χ0n) is 13.2. The van der Waals surface area contributed by atoms with E-state index in [9.17, 15) is 22.4 Å². The van der Waals surface area contributed by atoms with Crippen LogP contribution in [-0.2, 0) is 4.79 Å². The van der Waals surface area contributed by atoms with Crippen molar-refractivity contribution < 1.29 is 27.1 Å². The van der Waals surface area contributed by atoms with Gasteiger partial charge < -0.3 is 10.1 Å². The normalized spacial score (nSPS) is 11.3. The molecule has 0 aliphatic carbocycles. The molecule has 0 fully saturated rings. The van der Waals surface area contributed by atoms with E-state index in [1.54, 1.807) is 20.8 Å². The predicted octanol–water partition coefficient (Wildman–Crippen LogP) is 5.02. The van der Waals surface area contributed by atoms with E-state index in [1.165, 1.54) is 12.1 Å². The second-order valence-corrected chi connectivity index (χ2v) is 6.09. The minimum absolute atomic E-state index is 0.238. The molecule has 24 heavy (non-hydrogen) atoms. The van der Waals surface area contributed by atoms with Gasteiger partial charge in [0.25, 0.3) is 0 Å². The monoisotopic (exact) mass is 341 g/mol. The molecule has 0 unspecified atom stereocenters. The Hall–Kier alpha value is -2.57. The molecule has 7 heteroatoms. The van der Waals surface area contributed by atoms with Crippen molar-refractivity contribution >= 4 is 11.6 Å². The lowest BCUT2D eigenvalue weighted by Crippen LogP contribution is -2.28. The van der Waals surface area contributed by atoms with Gasteiger partial charge in [0.15, 0.2) is 29.0 Å². The molecule has 2 rings (SSSR count). The number of carbonyl (C=O) groups is 1. The summed E-state index contributed by atoms with van der Waals surface area (Å²) in [4.78, 5) is 12.0. The zero-order chi connectivity index (χ0) is 18.1. The van der Waals surface area contributed by atoms with E-state index in [1.807, 2.05) is 0 Å². The Morgan fingerprint density at radius 3 is 2.21 bits per heavy atom. The van der Waals surface area contributed by atoms with Crippen molar-refractivity contribution in [2.45, 2.75) is 20.8 Å². The number of para-hydroxylation sites is 1. The molecular formula is C17H15F4NO2. The Balaban J connectivity index is 2.40. The van der Waals surface area contributed by atoms with Gasteiger partial charge in [-0.2, -0.15) is 4.39 Å². The van der Waals surface area contributed by atoms with Crippen LogP contribution < -0.4 is 10.1 Å². The number of ether oxygens (including phenoxy) is 1. The number of anilines is 1. The Bertz CT molecular complexity index is 785. The summed E-state index contributed by atoms with van der Waals surface area (Å²) in [5, 5.41) is 2.36. The second-order valence-electron chi connectivity index (χ2n) is 6.09. The summed E-state index contributed by atoms with van der Waals surface area (Å²) in [7, 11) is 0. The molecule has 3 nitrogen and oxygen atoms in total. The molecule has 0 bridgehead atoms. The van der Waals surface area contributed by atoms with Gasteiger partial charge in [0.2, 0.25) is 11.7 Å². The van der Waals surface area contributed by atoms with Crippen molar-refractivity contribution in [2.75, 3.05) is 5.32 Å². The quantitative estimate of drug-likeness (QED) is 0.629. The third-order valence-electron chi connectivity index (χ3n) is 3.11. The molecule has 0 saturated carbocycles. The summed E-state index contributed by atoms with van der Waals surface area (Å²) >= 11 is 0. The summed E-state index contributed by atoms with van der Waals surface area (Å²) in [6.45, 7) is 4.87. The Morgan fingerprint density at radius 2 is 1.58 bits per heavy atom. The highest BCUT2D eigenvalue weighted by Gasteiger charge is 2.24. The summed E-state index contributed by atoms with van der Waals surface area (Å²) < 4.78 is 59.1. The molecule has 1 amide bonds.